The Morgan fingerprint density at radius 1 is 1.00 bits per heavy atom. The van der Waals surface area contributed by atoms with E-state index in [4.69, 9.17) is 0 Å². The maximum absolute atomic E-state index is 11.4. The average molecular weight is 310 g/mol. The van der Waals surface area contributed by atoms with E-state index in [-0.39, 0.29) is 23.5 Å². The minimum atomic E-state index is -4.61. The summed E-state index contributed by atoms with van der Waals surface area (Å²) in [5.41, 5.74) is 0.471. The van der Waals surface area contributed by atoms with Crippen molar-refractivity contribution >= 4 is 12.9 Å². The van der Waals surface area contributed by atoms with E-state index in [1.165, 1.54) is 30.3 Å². The summed E-state index contributed by atoms with van der Waals surface area (Å²) in [5.74, 6) is -0.297. The molecule has 0 aliphatic rings. The van der Waals surface area contributed by atoms with Crippen LogP contribution in [0.25, 0.3) is 0 Å². The van der Waals surface area contributed by atoms with Gasteiger partial charge in [0, 0.05) is 12.0 Å². The Kier molecular flexibility index (Phi) is 4.34. The van der Waals surface area contributed by atoms with Crippen LogP contribution in [-0.2, 0) is 11.0 Å². The Hall–Kier alpha value is -1.85. The SMILES string of the molecule is O=P(O)(O)c1cccc(O)c1C(O)Cc1ccc(O)cc1. The number of aromatic hydroxyl groups is 2. The Balaban J connectivity index is 2.37. The summed E-state index contributed by atoms with van der Waals surface area (Å²) >= 11 is 0. The number of rotatable bonds is 4. The number of phenols is 2. The van der Waals surface area contributed by atoms with Crippen LogP contribution in [-0.4, -0.2) is 25.1 Å². The zero-order chi connectivity index (χ0) is 15.6. The maximum Gasteiger partial charge on any atom is 0.356 e. The van der Waals surface area contributed by atoms with Crippen LogP contribution in [0.3, 0.4) is 0 Å². The van der Waals surface area contributed by atoms with Crippen LogP contribution >= 0.6 is 7.60 Å². The molecule has 0 aromatic heterocycles. The minimum Gasteiger partial charge on any atom is -0.508 e. The molecule has 0 fully saturated rings. The van der Waals surface area contributed by atoms with E-state index in [9.17, 15) is 29.7 Å². The molecule has 6 nitrogen and oxygen atoms in total. The highest BCUT2D eigenvalue weighted by atomic mass is 31.2. The largest absolute Gasteiger partial charge is 0.508 e. The highest BCUT2D eigenvalue weighted by Gasteiger charge is 2.27. The number of aliphatic hydroxyl groups is 1. The third kappa shape index (κ3) is 3.62. The number of hydrogen-bond acceptors (Lipinski definition) is 4. The van der Waals surface area contributed by atoms with E-state index in [0.717, 1.165) is 0 Å². The molecule has 1 unspecified atom stereocenters. The third-order valence-electron chi connectivity index (χ3n) is 3.07. The fourth-order valence-corrected chi connectivity index (χ4v) is 2.95. The van der Waals surface area contributed by atoms with E-state index in [2.05, 4.69) is 0 Å². The summed E-state index contributed by atoms with van der Waals surface area (Å²) in [4.78, 5) is 18.6. The van der Waals surface area contributed by atoms with Gasteiger partial charge in [-0.05, 0) is 29.8 Å². The average Bonchev–Trinajstić information content (AvgIpc) is 2.40. The van der Waals surface area contributed by atoms with Crippen LogP contribution in [0.1, 0.15) is 17.2 Å². The molecule has 2 aromatic rings. The molecule has 21 heavy (non-hydrogen) atoms. The number of benzene rings is 2. The molecule has 0 bridgehead atoms. The lowest BCUT2D eigenvalue weighted by molar-refractivity contribution is 0.175. The second-order valence-electron chi connectivity index (χ2n) is 4.64. The summed E-state index contributed by atoms with van der Waals surface area (Å²) in [6, 6.07) is 9.78. The molecule has 0 saturated carbocycles. The molecule has 112 valence electrons. The van der Waals surface area contributed by atoms with E-state index in [1.54, 1.807) is 12.1 Å². The highest BCUT2D eigenvalue weighted by molar-refractivity contribution is 7.60. The molecular formula is C14H15O6P. The highest BCUT2D eigenvalue weighted by Crippen LogP contribution is 2.39. The first-order valence-corrected chi connectivity index (χ1v) is 7.74. The van der Waals surface area contributed by atoms with Gasteiger partial charge in [-0.2, -0.15) is 0 Å². The van der Waals surface area contributed by atoms with Crippen molar-refractivity contribution < 1.29 is 29.7 Å². The predicted octanol–water partition coefficient (Wildman–Crippen LogP) is 1.18. The van der Waals surface area contributed by atoms with E-state index >= 15 is 0 Å². The van der Waals surface area contributed by atoms with Crippen LogP contribution in [0.15, 0.2) is 42.5 Å². The maximum atomic E-state index is 11.4. The molecule has 0 heterocycles. The molecule has 0 amide bonds. The zero-order valence-electron chi connectivity index (χ0n) is 10.9. The first kappa shape index (κ1) is 15.5. The predicted molar refractivity (Wildman–Crippen MR) is 76.6 cm³/mol. The fourth-order valence-electron chi connectivity index (χ4n) is 2.09. The molecule has 5 N–H and O–H groups in total. The van der Waals surface area contributed by atoms with Crippen LogP contribution in [0.5, 0.6) is 11.5 Å². The lowest BCUT2D eigenvalue weighted by atomic mass is 10.0. The lowest BCUT2D eigenvalue weighted by Gasteiger charge is -2.17. The molecule has 0 radical (unpaired) electrons. The summed E-state index contributed by atoms with van der Waals surface area (Å²) in [6.07, 6.45) is -1.23. The zero-order valence-corrected chi connectivity index (χ0v) is 11.8. The second-order valence-corrected chi connectivity index (χ2v) is 6.21. The number of aliphatic hydroxyl groups excluding tert-OH is 1. The first-order valence-electron chi connectivity index (χ1n) is 6.13. The van der Waals surface area contributed by atoms with Crippen molar-refractivity contribution in [3.05, 3.63) is 53.6 Å². The third-order valence-corrected chi connectivity index (χ3v) is 4.09. The molecule has 2 rings (SSSR count). The molecule has 0 aliphatic carbocycles. The topological polar surface area (TPSA) is 118 Å². The number of hydrogen-bond donors (Lipinski definition) is 5. The van der Waals surface area contributed by atoms with Gasteiger partial charge in [-0.25, -0.2) is 0 Å². The van der Waals surface area contributed by atoms with Gasteiger partial charge in [0.25, 0.3) is 0 Å². The molecule has 0 saturated heterocycles. The molecule has 0 spiro atoms. The fraction of sp³-hybridized carbons (Fsp3) is 0.143. The monoisotopic (exact) mass is 310 g/mol. The minimum absolute atomic E-state index is 0.0465. The van der Waals surface area contributed by atoms with Gasteiger partial charge in [0.15, 0.2) is 0 Å². The molecule has 1 atom stereocenters. The second kappa shape index (κ2) is 5.87. The molecule has 7 heteroatoms. The Labute approximate surface area is 121 Å². The normalized spacial score (nSPS) is 13.1. The summed E-state index contributed by atoms with van der Waals surface area (Å²) in [7, 11) is -4.61. The van der Waals surface area contributed by atoms with Gasteiger partial charge >= 0.3 is 7.60 Å². The van der Waals surface area contributed by atoms with Crippen molar-refractivity contribution in [2.75, 3.05) is 0 Å². The van der Waals surface area contributed by atoms with Crippen molar-refractivity contribution in [3.8, 4) is 11.5 Å². The van der Waals surface area contributed by atoms with Gasteiger partial charge in [-0.15, -0.1) is 0 Å². The van der Waals surface area contributed by atoms with E-state index in [0.29, 0.717) is 5.56 Å². The molecule has 2 aromatic carbocycles. The van der Waals surface area contributed by atoms with Gasteiger partial charge in [-0.3, -0.25) is 4.57 Å². The van der Waals surface area contributed by atoms with E-state index in [1.807, 2.05) is 0 Å². The van der Waals surface area contributed by atoms with Crippen LogP contribution in [0.4, 0.5) is 0 Å². The lowest BCUT2D eigenvalue weighted by Crippen LogP contribution is -2.16. The van der Waals surface area contributed by atoms with Crippen molar-refractivity contribution in [1.29, 1.82) is 0 Å². The summed E-state index contributed by atoms with van der Waals surface area (Å²) in [5, 5.41) is 28.8. The molecule has 0 aliphatic heterocycles. The van der Waals surface area contributed by atoms with Crippen molar-refractivity contribution in [2.45, 2.75) is 12.5 Å². The van der Waals surface area contributed by atoms with Gasteiger partial charge in [0.05, 0.1) is 11.4 Å². The van der Waals surface area contributed by atoms with Gasteiger partial charge in [0.1, 0.15) is 11.5 Å². The van der Waals surface area contributed by atoms with Crippen LogP contribution < -0.4 is 5.30 Å². The summed E-state index contributed by atoms with van der Waals surface area (Å²) < 4.78 is 11.4. The van der Waals surface area contributed by atoms with Crippen LogP contribution in [0, 0.1) is 0 Å². The van der Waals surface area contributed by atoms with Crippen LogP contribution in [0.2, 0.25) is 0 Å². The van der Waals surface area contributed by atoms with E-state index < -0.39 is 19.0 Å². The van der Waals surface area contributed by atoms with Gasteiger partial charge in [0.2, 0.25) is 0 Å². The first-order chi connectivity index (χ1) is 9.79. The Bertz CT molecular complexity index is 676. The number of phenolic OH excluding ortho intramolecular Hbond substituents is 2. The Morgan fingerprint density at radius 3 is 2.19 bits per heavy atom. The van der Waals surface area contributed by atoms with Crippen molar-refractivity contribution in [2.24, 2.45) is 0 Å². The quantitative estimate of drug-likeness (QED) is 0.541. The standard InChI is InChI=1S/C14H15O6P/c15-10-6-4-9(5-7-10)8-12(17)14-11(16)2-1-3-13(14)21(18,19)20/h1-7,12,15-17H,8H2,(H2,18,19,20). The van der Waals surface area contributed by atoms with Crippen molar-refractivity contribution in [1.82, 2.24) is 0 Å². The Morgan fingerprint density at radius 2 is 1.62 bits per heavy atom. The van der Waals surface area contributed by atoms with Gasteiger partial charge in [-0.1, -0.05) is 18.2 Å². The summed E-state index contributed by atoms with van der Waals surface area (Å²) in [6.45, 7) is 0. The van der Waals surface area contributed by atoms with Gasteiger partial charge < -0.3 is 25.1 Å². The smallest absolute Gasteiger partial charge is 0.356 e. The van der Waals surface area contributed by atoms with Crippen molar-refractivity contribution in [3.63, 3.8) is 0 Å². The molecular weight excluding hydrogens is 295 g/mol.